The summed E-state index contributed by atoms with van der Waals surface area (Å²) >= 11 is 7.58. The number of fused-ring (bicyclic) bond motifs is 1. The van der Waals surface area contributed by atoms with Gasteiger partial charge < -0.3 is 0 Å². The van der Waals surface area contributed by atoms with E-state index in [-0.39, 0.29) is 0 Å². The Morgan fingerprint density at radius 1 is 1.20 bits per heavy atom. The Morgan fingerprint density at radius 3 is 2.88 bits per heavy atom. The summed E-state index contributed by atoms with van der Waals surface area (Å²) in [4.78, 5) is 0. The first-order chi connectivity index (χ1) is 12.1. The standard InChI is InChI=1S/C16H14ClN7S/c1-8-18-19-15-4-3-12(21-24(8)15)14-6-13(20-23(14)2)10-5-9(10)11-7-25-22-16(11)17/h3-4,6-7,9-10H,5H2,1-2H3. The average Bonchev–Trinajstić information content (AvgIpc) is 2.90. The molecule has 7 nitrogen and oxygen atoms in total. The first-order valence-corrected chi connectivity index (χ1v) is 9.16. The van der Waals surface area contributed by atoms with Gasteiger partial charge in [0.1, 0.15) is 10.8 Å². The molecular formula is C16H14ClN7S. The third-order valence-corrected chi connectivity index (χ3v) is 5.75. The van der Waals surface area contributed by atoms with Gasteiger partial charge in [0.2, 0.25) is 0 Å². The number of halogens is 1. The van der Waals surface area contributed by atoms with Crippen LogP contribution < -0.4 is 0 Å². The third-order valence-electron chi connectivity index (χ3n) is 4.70. The Balaban J connectivity index is 1.49. The quantitative estimate of drug-likeness (QED) is 0.552. The van der Waals surface area contributed by atoms with Gasteiger partial charge in [0.05, 0.1) is 11.4 Å². The van der Waals surface area contributed by atoms with E-state index < -0.39 is 0 Å². The van der Waals surface area contributed by atoms with Crippen molar-refractivity contribution in [2.75, 3.05) is 0 Å². The Labute approximate surface area is 152 Å². The predicted octanol–water partition coefficient (Wildman–Crippen LogP) is 3.21. The van der Waals surface area contributed by atoms with Crippen LogP contribution in [0.15, 0.2) is 23.6 Å². The second kappa shape index (κ2) is 5.34. The minimum atomic E-state index is 0.397. The van der Waals surface area contributed by atoms with Crippen molar-refractivity contribution in [1.82, 2.24) is 34.0 Å². The molecule has 0 spiro atoms. The van der Waals surface area contributed by atoms with E-state index in [0.29, 0.717) is 17.0 Å². The van der Waals surface area contributed by atoms with Crippen molar-refractivity contribution in [1.29, 1.82) is 0 Å². The summed E-state index contributed by atoms with van der Waals surface area (Å²) in [6, 6.07) is 5.99. The fourth-order valence-corrected chi connectivity index (χ4v) is 4.31. The van der Waals surface area contributed by atoms with Crippen LogP contribution in [0.5, 0.6) is 0 Å². The molecule has 0 bridgehead atoms. The van der Waals surface area contributed by atoms with Crippen molar-refractivity contribution in [2.24, 2.45) is 7.05 Å². The number of nitrogens with zero attached hydrogens (tertiary/aromatic N) is 7. The fourth-order valence-electron chi connectivity index (χ4n) is 3.28. The van der Waals surface area contributed by atoms with Crippen LogP contribution in [0.1, 0.15) is 35.3 Å². The molecular weight excluding hydrogens is 358 g/mol. The van der Waals surface area contributed by atoms with Crippen molar-refractivity contribution in [3.63, 3.8) is 0 Å². The van der Waals surface area contributed by atoms with E-state index >= 15 is 0 Å². The summed E-state index contributed by atoms with van der Waals surface area (Å²) in [5, 5.41) is 20.1. The maximum absolute atomic E-state index is 6.17. The lowest BCUT2D eigenvalue weighted by atomic mass is 10.1. The molecule has 0 aliphatic heterocycles. The Bertz CT molecular complexity index is 1100. The van der Waals surface area contributed by atoms with Gasteiger partial charge in [0, 0.05) is 23.9 Å². The molecule has 9 heteroatoms. The van der Waals surface area contributed by atoms with Crippen molar-refractivity contribution >= 4 is 28.8 Å². The van der Waals surface area contributed by atoms with Gasteiger partial charge in [-0.05, 0) is 49.0 Å². The highest BCUT2D eigenvalue weighted by atomic mass is 35.5. The summed E-state index contributed by atoms with van der Waals surface area (Å²) in [5.41, 5.74) is 4.79. The summed E-state index contributed by atoms with van der Waals surface area (Å²) in [7, 11) is 1.94. The molecule has 0 saturated heterocycles. The van der Waals surface area contributed by atoms with Crippen molar-refractivity contribution in [2.45, 2.75) is 25.2 Å². The minimum absolute atomic E-state index is 0.397. The molecule has 2 atom stereocenters. The Hall–Kier alpha value is -2.32. The maximum atomic E-state index is 6.17. The molecule has 5 rings (SSSR count). The average molecular weight is 372 g/mol. The molecule has 1 saturated carbocycles. The minimum Gasteiger partial charge on any atom is -0.266 e. The monoisotopic (exact) mass is 371 g/mol. The van der Waals surface area contributed by atoms with E-state index in [9.17, 15) is 0 Å². The van der Waals surface area contributed by atoms with E-state index in [1.165, 1.54) is 11.5 Å². The molecule has 4 aromatic heterocycles. The van der Waals surface area contributed by atoms with Gasteiger partial charge in [-0.25, -0.2) is 0 Å². The fraction of sp³-hybridized carbons (Fsp3) is 0.312. The van der Waals surface area contributed by atoms with Crippen molar-refractivity contribution in [3.8, 4) is 11.4 Å². The molecule has 0 amide bonds. The van der Waals surface area contributed by atoms with Gasteiger partial charge in [0.25, 0.3) is 0 Å². The van der Waals surface area contributed by atoms with Crippen molar-refractivity contribution in [3.05, 3.63) is 45.8 Å². The first kappa shape index (κ1) is 15.0. The lowest BCUT2D eigenvalue weighted by Crippen LogP contribution is -2.00. The predicted molar refractivity (Wildman–Crippen MR) is 94.9 cm³/mol. The van der Waals surface area contributed by atoms with Crippen LogP contribution in [0.3, 0.4) is 0 Å². The normalized spacial score (nSPS) is 19.6. The van der Waals surface area contributed by atoms with Gasteiger partial charge in [0.15, 0.2) is 11.5 Å². The van der Waals surface area contributed by atoms with E-state index in [2.05, 4.69) is 25.7 Å². The molecule has 0 radical (unpaired) electrons. The zero-order valence-corrected chi connectivity index (χ0v) is 15.2. The molecule has 0 N–H and O–H groups in total. The second-order valence-electron chi connectivity index (χ2n) is 6.32. The zero-order valence-electron chi connectivity index (χ0n) is 13.6. The van der Waals surface area contributed by atoms with Gasteiger partial charge in [-0.15, -0.1) is 10.2 Å². The molecule has 2 unspecified atom stereocenters. The van der Waals surface area contributed by atoms with E-state index in [1.807, 2.05) is 36.2 Å². The molecule has 4 heterocycles. The molecule has 126 valence electrons. The summed E-state index contributed by atoms with van der Waals surface area (Å²) in [6.45, 7) is 1.89. The first-order valence-electron chi connectivity index (χ1n) is 7.95. The van der Waals surface area contributed by atoms with Crippen LogP contribution in [0.4, 0.5) is 0 Å². The number of hydrogen-bond donors (Lipinski definition) is 0. The van der Waals surface area contributed by atoms with Crippen molar-refractivity contribution < 1.29 is 0 Å². The van der Waals surface area contributed by atoms with Crippen LogP contribution >= 0.6 is 23.1 Å². The van der Waals surface area contributed by atoms with E-state index in [1.54, 1.807) is 4.52 Å². The maximum Gasteiger partial charge on any atom is 0.177 e. The topological polar surface area (TPSA) is 73.8 Å². The zero-order chi connectivity index (χ0) is 17.1. The summed E-state index contributed by atoms with van der Waals surface area (Å²) < 4.78 is 7.80. The van der Waals surface area contributed by atoms with E-state index in [4.69, 9.17) is 16.7 Å². The summed E-state index contributed by atoms with van der Waals surface area (Å²) in [6.07, 6.45) is 1.06. The Kier molecular flexibility index (Phi) is 3.20. The van der Waals surface area contributed by atoms with Gasteiger partial charge in [-0.1, -0.05) is 11.6 Å². The highest BCUT2D eigenvalue weighted by molar-refractivity contribution is 7.04. The van der Waals surface area contributed by atoms with Gasteiger partial charge in [-0.2, -0.15) is 19.1 Å². The second-order valence-corrected chi connectivity index (χ2v) is 7.31. The molecule has 25 heavy (non-hydrogen) atoms. The van der Waals surface area contributed by atoms with Crippen LogP contribution in [0.25, 0.3) is 17.0 Å². The number of hydrogen-bond acceptors (Lipinski definition) is 6. The van der Waals surface area contributed by atoms with Gasteiger partial charge in [-0.3, -0.25) is 4.68 Å². The van der Waals surface area contributed by atoms with Crippen LogP contribution in [0.2, 0.25) is 5.15 Å². The lowest BCUT2D eigenvalue weighted by molar-refractivity contribution is 0.741. The van der Waals surface area contributed by atoms with E-state index in [0.717, 1.165) is 40.5 Å². The van der Waals surface area contributed by atoms with Crippen LogP contribution in [0, 0.1) is 6.92 Å². The molecule has 1 aliphatic carbocycles. The largest absolute Gasteiger partial charge is 0.266 e. The van der Waals surface area contributed by atoms with Crippen LogP contribution in [-0.4, -0.2) is 34.0 Å². The molecule has 0 aromatic carbocycles. The Morgan fingerprint density at radius 2 is 2.08 bits per heavy atom. The highest BCUT2D eigenvalue weighted by Crippen LogP contribution is 2.56. The molecule has 1 fully saturated rings. The van der Waals surface area contributed by atoms with Gasteiger partial charge >= 0.3 is 0 Å². The number of rotatable bonds is 3. The molecule has 1 aliphatic rings. The highest BCUT2D eigenvalue weighted by Gasteiger charge is 2.43. The lowest BCUT2D eigenvalue weighted by Gasteiger charge is -2.01. The number of aromatic nitrogens is 7. The third kappa shape index (κ3) is 2.36. The molecule has 4 aromatic rings. The smallest absolute Gasteiger partial charge is 0.177 e. The number of aryl methyl sites for hydroxylation is 2. The van der Waals surface area contributed by atoms with Crippen LogP contribution in [-0.2, 0) is 7.05 Å². The SMILES string of the molecule is Cc1nnc2ccc(-c3cc(C4CC4c4csnc4Cl)nn3C)nn12. The summed E-state index contributed by atoms with van der Waals surface area (Å²) in [5.74, 6) is 1.58.